The van der Waals surface area contributed by atoms with E-state index >= 15 is 0 Å². The van der Waals surface area contributed by atoms with Gasteiger partial charge in [0.05, 0.1) is 11.4 Å². The lowest BCUT2D eigenvalue weighted by Gasteiger charge is -2.39. The van der Waals surface area contributed by atoms with Crippen molar-refractivity contribution in [3.05, 3.63) is 23.0 Å². The second-order valence-corrected chi connectivity index (χ2v) is 4.04. The molecule has 4 nitrogen and oxygen atoms in total. The Morgan fingerprint density at radius 3 is 2.40 bits per heavy atom. The maximum atomic E-state index is 11.5. The number of Topliss-reactive ketones (excluding diaryl/α,β-unsaturated/α-hetero) is 1. The highest BCUT2D eigenvalue weighted by Gasteiger charge is 2.31. The summed E-state index contributed by atoms with van der Waals surface area (Å²) < 4.78 is 0. The molecule has 1 aliphatic carbocycles. The maximum Gasteiger partial charge on any atom is 0.230 e. The molecule has 1 fully saturated rings. The van der Waals surface area contributed by atoms with Crippen LogP contribution in [0.1, 0.15) is 6.92 Å². The van der Waals surface area contributed by atoms with E-state index in [9.17, 15) is 9.59 Å². The summed E-state index contributed by atoms with van der Waals surface area (Å²) in [4.78, 5) is 27.0. The molecule has 2 rings (SSSR count). The van der Waals surface area contributed by atoms with Crippen molar-refractivity contribution in [1.82, 2.24) is 9.80 Å². The average Bonchev–Trinajstić information content (AvgIpc) is 2.20. The maximum absolute atomic E-state index is 11.5. The van der Waals surface area contributed by atoms with Gasteiger partial charge in [-0.1, -0.05) is 0 Å². The van der Waals surface area contributed by atoms with Crippen LogP contribution in [-0.2, 0) is 9.59 Å². The quantitative estimate of drug-likeness (QED) is 0.418. The van der Waals surface area contributed by atoms with Gasteiger partial charge >= 0.3 is 0 Å². The zero-order valence-corrected chi connectivity index (χ0v) is 9.20. The fourth-order valence-electron chi connectivity index (χ4n) is 2.05. The number of hydrogen-bond donors (Lipinski definition) is 0. The number of piperazine rings is 1. The molecule has 15 heavy (non-hydrogen) atoms. The van der Waals surface area contributed by atoms with Gasteiger partial charge in [-0.2, -0.15) is 0 Å². The van der Waals surface area contributed by atoms with Crippen LogP contribution in [-0.4, -0.2) is 48.6 Å². The fraction of sp³-hybridized carbons (Fsp3) is 0.455. The Hall–Kier alpha value is -1.58. The van der Waals surface area contributed by atoms with E-state index in [-0.39, 0.29) is 5.78 Å². The molecule has 2 aliphatic rings. The Balaban J connectivity index is 2.55. The average molecular weight is 206 g/mol. The standard InChI is InChI=1S/C11H14N2O2/c1-7-10-8(6-9(14)11(7)15)12(2)4-5-13(10)3/h6H,4-5H2,1-3H3. The van der Waals surface area contributed by atoms with Gasteiger partial charge in [-0.05, 0) is 6.92 Å². The molecule has 0 radical (unpaired) electrons. The van der Waals surface area contributed by atoms with Crippen LogP contribution in [0.5, 0.6) is 0 Å². The molecular formula is C11H14N2O2. The molecule has 4 heteroatoms. The molecule has 80 valence electrons. The van der Waals surface area contributed by atoms with E-state index in [0.717, 1.165) is 24.5 Å². The van der Waals surface area contributed by atoms with E-state index in [0.29, 0.717) is 5.57 Å². The van der Waals surface area contributed by atoms with E-state index in [4.69, 9.17) is 0 Å². The number of ketones is 2. The first-order valence-corrected chi connectivity index (χ1v) is 4.96. The summed E-state index contributed by atoms with van der Waals surface area (Å²) in [5.74, 6) is -0.788. The summed E-state index contributed by atoms with van der Waals surface area (Å²) in [5.41, 5.74) is 2.32. The Labute approximate surface area is 88.8 Å². The van der Waals surface area contributed by atoms with Crippen molar-refractivity contribution in [1.29, 1.82) is 0 Å². The van der Waals surface area contributed by atoms with Crippen molar-refractivity contribution >= 4 is 11.6 Å². The molecule has 0 bridgehead atoms. The molecular weight excluding hydrogens is 192 g/mol. The second-order valence-electron chi connectivity index (χ2n) is 4.04. The lowest BCUT2D eigenvalue weighted by Crippen LogP contribution is -2.42. The third-order valence-corrected chi connectivity index (χ3v) is 2.99. The molecule has 0 spiro atoms. The van der Waals surface area contributed by atoms with E-state index in [2.05, 4.69) is 0 Å². The zero-order chi connectivity index (χ0) is 11.2. The van der Waals surface area contributed by atoms with Gasteiger partial charge in [-0.15, -0.1) is 0 Å². The molecule has 1 aliphatic heterocycles. The second kappa shape index (κ2) is 3.22. The number of hydrogen-bond acceptors (Lipinski definition) is 4. The normalized spacial score (nSPS) is 21.9. The summed E-state index contributed by atoms with van der Waals surface area (Å²) in [6, 6.07) is 0. The largest absolute Gasteiger partial charge is 0.371 e. The van der Waals surface area contributed by atoms with E-state index < -0.39 is 5.78 Å². The van der Waals surface area contributed by atoms with Crippen LogP contribution in [0.15, 0.2) is 23.0 Å². The Kier molecular flexibility index (Phi) is 2.14. The summed E-state index contributed by atoms with van der Waals surface area (Å²) in [6.07, 6.45) is 1.44. The molecule has 0 aromatic heterocycles. The van der Waals surface area contributed by atoms with E-state index in [1.54, 1.807) is 6.92 Å². The SMILES string of the molecule is CC1=C2C(=CC(=O)C1=O)N(C)CCN2C. The van der Waals surface area contributed by atoms with Crippen LogP contribution in [0.4, 0.5) is 0 Å². The molecule has 1 saturated heterocycles. The Bertz CT molecular complexity index is 407. The molecule has 1 heterocycles. The van der Waals surface area contributed by atoms with Crippen molar-refractivity contribution in [2.75, 3.05) is 27.2 Å². The van der Waals surface area contributed by atoms with Crippen LogP contribution in [0.3, 0.4) is 0 Å². The monoisotopic (exact) mass is 206 g/mol. The number of carbonyl (C=O) groups is 2. The minimum absolute atomic E-state index is 0.379. The molecule has 0 saturated carbocycles. The number of fused-ring (bicyclic) bond motifs is 1. The molecule has 0 aromatic carbocycles. The molecule has 0 N–H and O–H groups in total. The smallest absolute Gasteiger partial charge is 0.230 e. The van der Waals surface area contributed by atoms with Gasteiger partial charge in [0.25, 0.3) is 0 Å². The number of nitrogens with zero attached hydrogens (tertiary/aromatic N) is 2. The van der Waals surface area contributed by atoms with Gasteiger partial charge < -0.3 is 9.80 Å². The van der Waals surface area contributed by atoms with Crippen molar-refractivity contribution in [3.63, 3.8) is 0 Å². The Morgan fingerprint density at radius 2 is 1.73 bits per heavy atom. The minimum atomic E-state index is -0.409. The van der Waals surface area contributed by atoms with Crippen LogP contribution in [0.25, 0.3) is 0 Å². The van der Waals surface area contributed by atoms with Gasteiger partial charge in [0, 0.05) is 38.8 Å². The number of rotatable bonds is 0. The third kappa shape index (κ3) is 1.37. The highest BCUT2D eigenvalue weighted by Crippen LogP contribution is 2.28. The highest BCUT2D eigenvalue weighted by atomic mass is 16.2. The van der Waals surface area contributed by atoms with Gasteiger partial charge in [0.1, 0.15) is 0 Å². The van der Waals surface area contributed by atoms with Gasteiger partial charge in [0.15, 0.2) is 0 Å². The molecule has 0 atom stereocenters. The minimum Gasteiger partial charge on any atom is -0.371 e. The van der Waals surface area contributed by atoms with Gasteiger partial charge in [0.2, 0.25) is 11.6 Å². The number of likely N-dealkylation sites (N-methyl/N-ethyl adjacent to an activating group) is 2. The third-order valence-electron chi connectivity index (χ3n) is 2.99. The molecule has 0 aromatic rings. The number of carbonyl (C=O) groups excluding carboxylic acids is 2. The topological polar surface area (TPSA) is 40.6 Å². The zero-order valence-electron chi connectivity index (χ0n) is 9.20. The van der Waals surface area contributed by atoms with Crippen LogP contribution in [0, 0.1) is 0 Å². The first-order valence-electron chi connectivity index (χ1n) is 4.96. The molecule has 0 unspecified atom stereocenters. The predicted octanol–water partition coefficient (Wildman–Crippen LogP) is 0.173. The van der Waals surface area contributed by atoms with Crippen molar-refractivity contribution in [2.45, 2.75) is 6.92 Å². The van der Waals surface area contributed by atoms with Crippen LogP contribution in [0.2, 0.25) is 0 Å². The lowest BCUT2D eigenvalue weighted by atomic mass is 9.96. The van der Waals surface area contributed by atoms with Crippen LogP contribution < -0.4 is 0 Å². The van der Waals surface area contributed by atoms with Crippen LogP contribution >= 0.6 is 0 Å². The lowest BCUT2D eigenvalue weighted by molar-refractivity contribution is -0.131. The van der Waals surface area contributed by atoms with Gasteiger partial charge in [-0.25, -0.2) is 0 Å². The number of allylic oxidation sites excluding steroid dienone is 2. The van der Waals surface area contributed by atoms with Crippen molar-refractivity contribution in [2.24, 2.45) is 0 Å². The van der Waals surface area contributed by atoms with Crippen molar-refractivity contribution in [3.8, 4) is 0 Å². The van der Waals surface area contributed by atoms with Gasteiger partial charge in [-0.3, -0.25) is 9.59 Å². The van der Waals surface area contributed by atoms with E-state index in [1.165, 1.54) is 6.08 Å². The molecule has 0 amide bonds. The Morgan fingerprint density at radius 1 is 1.13 bits per heavy atom. The summed E-state index contributed by atoms with van der Waals surface area (Å²) in [5, 5.41) is 0. The fourth-order valence-corrected chi connectivity index (χ4v) is 2.05. The highest BCUT2D eigenvalue weighted by molar-refractivity contribution is 6.48. The first kappa shape index (κ1) is 9.96. The summed E-state index contributed by atoms with van der Waals surface area (Å²) in [7, 11) is 3.89. The summed E-state index contributed by atoms with van der Waals surface area (Å²) in [6.45, 7) is 3.47. The summed E-state index contributed by atoms with van der Waals surface area (Å²) >= 11 is 0. The van der Waals surface area contributed by atoms with Crippen molar-refractivity contribution < 1.29 is 9.59 Å². The van der Waals surface area contributed by atoms with E-state index in [1.807, 2.05) is 23.9 Å². The first-order chi connectivity index (χ1) is 7.02. The predicted molar refractivity (Wildman–Crippen MR) is 56.1 cm³/mol.